The van der Waals surface area contributed by atoms with Crippen LogP contribution in [0.5, 0.6) is 5.75 Å². The molecule has 14 heavy (non-hydrogen) atoms. The van der Waals surface area contributed by atoms with E-state index in [0.717, 1.165) is 0 Å². The van der Waals surface area contributed by atoms with Gasteiger partial charge in [-0.2, -0.15) is 0 Å². The summed E-state index contributed by atoms with van der Waals surface area (Å²) in [5, 5.41) is 0.178. The van der Waals surface area contributed by atoms with Crippen molar-refractivity contribution in [2.45, 2.75) is 13.3 Å². The second-order valence-corrected chi connectivity index (χ2v) is 3.03. The molecule has 0 aliphatic rings. The molecule has 0 amide bonds. The zero-order chi connectivity index (χ0) is 10.6. The number of benzene rings is 1. The molecule has 0 radical (unpaired) electrons. The third-order valence-electron chi connectivity index (χ3n) is 1.79. The SMILES string of the molecule is CCC(=O)c1cccc(OCF)c1Cl. The summed E-state index contributed by atoms with van der Waals surface area (Å²) in [5.74, 6) is 0.118. The predicted molar refractivity (Wildman–Crippen MR) is 52.7 cm³/mol. The van der Waals surface area contributed by atoms with Crippen LogP contribution in [0.15, 0.2) is 18.2 Å². The van der Waals surface area contributed by atoms with Crippen molar-refractivity contribution >= 4 is 17.4 Å². The lowest BCUT2D eigenvalue weighted by atomic mass is 10.1. The summed E-state index contributed by atoms with van der Waals surface area (Å²) in [6.07, 6.45) is 0.360. The third-order valence-corrected chi connectivity index (χ3v) is 2.18. The Morgan fingerprint density at radius 1 is 1.57 bits per heavy atom. The molecule has 1 aromatic rings. The van der Waals surface area contributed by atoms with E-state index in [-0.39, 0.29) is 16.6 Å². The van der Waals surface area contributed by atoms with Crippen molar-refractivity contribution in [2.24, 2.45) is 0 Å². The average Bonchev–Trinajstić information content (AvgIpc) is 2.20. The quantitative estimate of drug-likeness (QED) is 0.723. The maximum Gasteiger partial charge on any atom is 0.228 e. The van der Waals surface area contributed by atoms with Gasteiger partial charge in [0.2, 0.25) is 6.86 Å². The molecule has 0 aliphatic carbocycles. The minimum atomic E-state index is -0.955. The van der Waals surface area contributed by atoms with Crippen molar-refractivity contribution < 1.29 is 13.9 Å². The first-order valence-corrected chi connectivity index (χ1v) is 4.59. The van der Waals surface area contributed by atoms with E-state index in [1.165, 1.54) is 6.07 Å². The van der Waals surface area contributed by atoms with Crippen LogP contribution >= 0.6 is 11.6 Å². The van der Waals surface area contributed by atoms with Crippen molar-refractivity contribution in [3.63, 3.8) is 0 Å². The number of Topliss-reactive ketones (excluding diaryl/α,β-unsaturated/α-hetero) is 1. The fraction of sp³-hybridized carbons (Fsp3) is 0.300. The molecular weight excluding hydrogens is 207 g/mol. The van der Waals surface area contributed by atoms with Crippen LogP contribution in [0.2, 0.25) is 5.02 Å². The molecule has 0 bridgehead atoms. The van der Waals surface area contributed by atoms with Crippen molar-refractivity contribution in [2.75, 3.05) is 6.86 Å². The van der Waals surface area contributed by atoms with E-state index >= 15 is 0 Å². The van der Waals surface area contributed by atoms with Gasteiger partial charge in [-0.3, -0.25) is 4.79 Å². The fourth-order valence-electron chi connectivity index (χ4n) is 1.09. The Kier molecular flexibility index (Phi) is 3.89. The normalized spacial score (nSPS) is 9.93. The number of halogens is 2. The van der Waals surface area contributed by atoms with E-state index in [1.807, 2.05) is 0 Å². The molecule has 76 valence electrons. The smallest absolute Gasteiger partial charge is 0.228 e. The van der Waals surface area contributed by atoms with E-state index in [9.17, 15) is 9.18 Å². The summed E-state index contributed by atoms with van der Waals surface area (Å²) in [6, 6.07) is 4.73. The van der Waals surface area contributed by atoms with Crippen molar-refractivity contribution in [3.05, 3.63) is 28.8 Å². The highest BCUT2D eigenvalue weighted by Gasteiger charge is 2.12. The summed E-state index contributed by atoms with van der Waals surface area (Å²) in [7, 11) is 0. The number of hydrogen-bond acceptors (Lipinski definition) is 2. The fourth-order valence-corrected chi connectivity index (χ4v) is 1.37. The molecule has 4 heteroatoms. The molecular formula is C10H10ClFO2. The lowest BCUT2D eigenvalue weighted by Gasteiger charge is -2.07. The largest absolute Gasteiger partial charge is 0.461 e. The van der Waals surface area contributed by atoms with Gasteiger partial charge in [-0.05, 0) is 12.1 Å². The molecule has 0 aromatic heterocycles. The first-order chi connectivity index (χ1) is 6.70. The minimum absolute atomic E-state index is 0.0840. The highest BCUT2D eigenvalue weighted by molar-refractivity contribution is 6.35. The van der Waals surface area contributed by atoms with E-state index < -0.39 is 6.86 Å². The van der Waals surface area contributed by atoms with Gasteiger partial charge < -0.3 is 4.74 Å². The van der Waals surface area contributed by atoms with Crippen molar-refractivity contribution in [1.29, 1.82) is 0 Å². The zero-order valence-corrected chi connectivity index (χ0v) is 8.47. The molecule has 2 nitrogen and oxygen atoms in total. The predicted octanol–water partition coefficient (Wildman–Crippen LogP) is 3.24. The Hall–Kier alpha value is -1.09. The highest BCUT2D eigenvalue weighted by Crippen LogP contribution is 2.28. The number of hydrogen-bond donors (Lipinski definition) is 0. The van der Waals surface area contributed by atoms with Crippen molar-refractivity contribution in [1.82, 2.24) is 0 Å². The van der Waals surface area contributed by atoms with Crippen LogP contribution in [-0.4, -0.2) is 12.6 Å². The van der Waals surface area contributed by atoms with Crippen LogP contribution in [0.1, 0.15) is 23.7 Å². The number of alkyl halides is 1. The van der Waals surface area contributed by atoms with Gasteiger partial charge >= 0.3 is 0 Å². The summed E-state index contributed by atoms with van der Waals surface area (Å²) in [5.41, 5.74) is 0.375. The number of carbonyl (C=O) groups excluding carboxylic acids is 1. The minimum Gasteiger partial charge on any atom is -0.461 e. The molecule has 0 aliphatic heterocycles. The maximum absolute atomic E-state index is 11.9. The van der Waals surface area contributed by atoms with Gasteiger partial charge in [0.1, 0.15) is 5.75 Å². The lowest BCUT2D eigenvalue weighted by molar-refractivity contribution is 0.0987. The summed E-state index contributed by atoms with van der Waals surface area (Å²) >= 11 is 5.85. The number of ether oxygens (including phenoxy) is 1. The van der Waals surface area contributed by atoms with Gasteiger partial charge in [0.05, 0.1) is 5.02 Å². The Morgan fingerprint density at radius 3 is 2.86 bits per heavy atom. The standard InChI is InChI=1S/C10H10ClFO2/c1-2-8(13)7-4-3-5-9(10(7)11)14-6-12/h3-5H,2,6H2,1H3. The zero-order valence-electron chi connectivity index (χ0n) is 7.72. The summed E-state index contributed by atoms with van der Waals surface area (Å²) in [4.78, 5) is 11.4. The number of rotatable bonds is 4. The topological polar surface area (TPSA) is 26.3 Å². The second kappa shape index (κ2) is 4.96. The lowest BCUT2D eigenvalue weighted by Crippen LogP contribution is -2.00. The molecule has 0 fully saturated rings. The Bertz CT molecular complexity index is 339. The monoisotopic (exact) mass is 216 g/mol. The van der Waals surface area contributed by atoms with Gasteiger partial charge in [0.15, 0.2) is 5.78 Å². The van der Waals surface area contributed by atoms with Crippen LogP contribution in [0, 0.1) is 0 Å². The Labute approximate surface area is 86.6 Å². The summed E-state index contributed by atoms with van der Waals surface area (Å²) < 4.78 is 16.5. The van der Waals surface area contributed by atoms with Gasteiger partial charge in [-0.25, -0.2) is 4.39 Å². The first-order valence-electron chi connectivity index (χ1n) is 4.21. The molecule has 1 aromatic carbocycles. The Balaban J connectivity index is 3.07. The van der Waals surface area contributed by atoms with E-state index in [0.29, 0.717) is 12.0 Å². The molecule has 0 unspecified atom stereocenters. The van der Waals surface area contributed by atoms with Gasteiger partial charge in [-0.15, -0.1) is 0 Å². The van der Waals surface area contributed by atoms with Gasteiger partial charge in [0.25, 0.3) is 0 Å². The molecule has 0 spiro atoms. The molecule has 0 atom stereocenters. The summed E-state index contributed by atoms with van der Waals surface area (Å²) in [6.45, 7) is 0.783. The first kappa shape index (κ1) is 11.0. The van der Waals surface area contributed by atoms with E-state index in [4.69, 9.17) is 11.6 Å². The number of carbonyl (C=O) groups is 1. The van der Waals surface area contributed by atoms with Crippen LogP contribution in [0.3, 0.4) is 0 Å². The Morgan fingerprint density at radius 2 is 2.29 bits per heavy atom. The van der Waals surface area contributed by atoms with Gasteiger partial charge in [-0.1, -0.05) is 24.6 Å². The van der Waals surface area contributed by atoms with E-state index in [2.05, 4.69) is 4.74 Å². The second-order valence-electron chi connectivity index (χ2n) is 2.65. The maximum atomic E-state index is 11.9. The van der Waals surface area contributed by atoms with Crippen molar-refractivity contribution in [3.8, 4) is 5.75 Å². The molecule has 0 saturated heterocycles. The third kappa shape index (κ3) is 2.23. The molecule has 0 saturated carbocycles. The van der Waals surface area contributed by atoms with Crippen LogP contribution in [0.4, 0.5) is 4.39 Å². The van der Waals surface area contributed by atoms with E-state index in [1.54, 1.807) is 19.1 Å². The number of ketones is 1. The van der Waals surface area contributed by atoms with Crippen LogP contribution < -0.4 is 4.74 Å². The van der Waals surface area contributed by atoms with Crippen LogP contribution in [0.25, 0.3) is 0 Å². The average molecular weight is 217 g/mol. The van der Waals surface area contributed by atoms with Gasteiger partial charge in [0, 0.05) is 12.0 Å². The molecule has 0 N–H and O–H groups in total. The highest BCUT2D eigenvalue weighted by atomic mass is 35.5. The molecule has 1 rings (SSSR count). The van der Waals surface area contributed by atoms with Crippen LogP contribution in [-0.2, 0) is 0 Å². The molecule has 0 heterocycles.